The second-order valence-corrected chi connectivity index (χ2v) is 6.52. The molecule has 1 aliphatic rings. The van der Waals surface area contributed by atoms with E-state index in [0.717, 1.165) is 0 Å². The molecule has 1 aromatic rings. The van der Waals surface area contributed by atoms with Crippen molar-refractivity contribution in [3.63, 3.8) is 0 Å². The molecule has 2 rings (SSSR count). The van der Waals surface area contributed by atoms with Crippen molar-refractivity contribution in [1.82, 2.24) is 14.9 Å². The van der Waals surface area contributed by atoms with Crippen LogP contribution in [0.2, 0.25) is 0 Å². The summed E-state index contributed by atoms with van der Waals surface area (Å²) < 4.78 is 0.711. The number of rotatable bonds is 3. The van der Waals surface area contributed by atoms with E-state index in [-0.39, 0.29) is 17.8 Å². The number of aromatic nitrogens is 2. The summed E-state index contributed by atoms with van der Waals surface area (Å²) >= 11 is 3.23. The molecule has 1 fully saturated rings. The SMILES string of the molecule is CCC1CC(C)(C(=O)O)CCN1C(=O)c1ncc(Br)cn1. The van der Waals surface area contributed by atoms with E-state index in [1.165, 1.54) is 12.4 Å². The van der Waals surface area contributed by atoms with E-state index >= 15 is 0 Å². The van der Waals surface area contributed by atoms with Gasteiger partial charge < -0.3 is 10.0 Å². The zero-order valence-electron chi connectivity index (χ0n) is 12.0. The lowest BCUT2D eigenvalue weighted by atomic mass is 9.76. The van der Waals surface area contributed by atoms with Crippen molar-refractivity contribution >= 4 is 27.8 Å². The van der Waals surface area contributed by atoms with Crippen LogP contribution < -0.4 is 0 Å². The monoisotopic (exact) mass is 355 g/mol. The molecule has 0 aromatic carbocycles. The highest BCUT2D eigenvalue weighted by Crippen LogP contribution is 2.36. The number of aliphatic carboxylic acids is 1. The molecule has 1 aliphatic heterocycles. The van der Waals surface area contributed by atoms with Crippen LogP contribution in [0.1, 0.15) is 43.7 Å². The normalized spacial score (nSPS) is 25.7. The van der Waals surface area contributed by atoms with E-state index in [9.17, 15) is 14.7 Å². The quantitative estimate of drug-likeness (QED) is 0.899. The molecule has 21 heavy (non-hydrogen) atoms. The zero-order chi connectivity index (χ0) is 15.6. The molecule has 114 valence electrons. The van der Waals surface area contributed by atoms with Crippen LogP contribution in [0.4, 0.5) is 0 Å². The summed E-state index contributed by atoms with van der Waals surface area (Å²) in [6.07, 6.45) is 4.69. The Bertz CT molecular complexity index is 549. The summed E-state index contributed by atoms with van der Waals surface area (Å²) in [6, 6.07) is -0.0976. The fourth-order valence-electron chi connectivity index (χ4n) is 2.66. The number of nitrogens with zero attached hydrogens (tertiary/aromatic N) is 3. The topological polar surface area (TPSA) is 83.4 Å². The van der Waals surface area contributed by atoms with Gasteiger partial charge in [0.15, 0.2) is 0 Å². The van der Waals surface area contributed by atoms with Crippen molar-refractivity contribution in [2.45, 2.75) is 39.2 Å². The Morgan fingerprint density at radius 3 is 2.62 bits per heavy atom. The van der Waals surface area contributed by atoms with Crippen molar-refractivity contribution in [2.24, 2.45) is 5.41 Å². The number of hydrogen-bond acceptors (Lipinski definition) is 4. The molecule has 1 amide bonds. The lowest BCUT2D eigenvalue weighted by molar-refractivity contribution is -0.151. The minimum absolute atomic E-state index is 0.0976. The Kier molecular flexibility index (Phi) is 4.61. The van der Waals surface area contributed by atoms with Gasteiger partial charge in [-0.2, -0.15) is 0 Å². The third-order valence-electron chi connectivity index (χ3n) is 4.09. The molecular weight excluding hydrogens is 338 g/mol. The predicted molar refractivity (Wildman–Crippen MR) is 79.8 cm³/mol. The first-order valence-corrected chi connectivity index (χ1v) is 7.68. The van der Waals surface area contributed by atoms with E-state index in [1.807, 2.05) is 6.92 Å². The van der Waals surface area contributed by atoms with Gasteiger partial charge in [0.2, 0.25) is 5.82 Å². The summed E-state index contributed by atoms with van der Waals surface area (Å²) in [7, 11) is 0. The standard InChI is InChI=1S/C14H18BrN3O3/c1-3-10-6-14(2,13(20)21)4-5-18(10)12(19)11-16-7-9(15)8-17-11/h7-8,10H,3-6H2,1-2H3,(H,20,21). The summed E-state index contributed by atoms with van der Waals surface area (Å²) in [6.45, 7) is 4.12. The lowest BCUT2D eigenvalue weighted by Gasteiger charge is -2.42. The molecule has 1 aromatic heterocycles. The van der Waals surface area contributed by atoms with Gasteiger partial charge in [-0.3, -0.25) is 9.59 Å². The molecule has 0 radical (unpaired) electrons. The summed E-state index contributed by atoms with van der Waals surface area (Å²) in [5, 5.41) is 9.35. The first-order chi connectivity index (χ1) is 9.87. The van der Waals surface area contributed by atoms with Crippen LogP contribution in [-0.2, 0) is 4.79 Å². The number of carbonyl (C=O) groups excluding carboxylic acids is 1. The van der Waals surface area contributed by atoms with Crippen LogP contribution in [-0.4, -0.2) is 44.4 Å². The van der Waals surface area contributed by atoms with Crippen molar-refractivity contribution in [3.8, 4) is 0 Å². The molecule has 0 aliphatic carbocycles. The molecule has 7 heteroatoms. The number of likely N-dealkylation sites (tertiary alicyclic amines) is 1. The number of carboxylic acid groups (broad SMARTS) is 1. The molecule has 0 saturated carbocycles. The second kappa shape index (κ2) is 6.09. The fraction of sp³-hybridized carbons (Fsp3) is 0.571. The largest absolute Gasteiger partial charge is 0.481 e. The van der Waals surface area contributed by atoms with Crippen molar-refractivity contribution < 1.29 is 14.7 Å². The van der Waals surface area contributed by atoms with E-state index in [2.05, 4.69) is 25.9 Å². The number of piperidine rings is 1. The first kappa shape index (κ1) is 15.9. The number of carboxylic acids is 1. The van der Waals surface area contributed by atoms with Gasteiger partial charge in [-0.15, -0.1) is 0 Å². The molecular formula is C14H18BrN3O3. The number of carbonyl (C=O) groups is 2. The second-order valence-electron chi connectivity index (χ2n) is 5.61. The third-order valence-corrected chi connectivity index (χ3v) is 4.50. The maximum atomic E-state index is 12.5. The molecule has 0 bridgehead atoms. The maximum absolute atomic E-state index is 12.5. The van der Waals surface area contributed by atoms with Crippen LogP contribution in [0, 0.1) is 5.41 Å². The summed E-state index contributed by atoms with van der Waals surface area (Å²) in [5.41, 5.74) is -0.766. The smallest absolute Gasteiger partial charge is 0.309 e. The molecule has 6 nitrogen and oxygen atoms in total. The summed E-state index contributed by atoms with van der Waals surface area (Å²) in [4.78, 5) is 33.6. The highest BCUT2D eigenvalue weighted by molar-refractivity contribution is 9.10. The van der Waals surface area contributed by atoms with Crippen LogP contribution in [0.3, 0.4) is 0 Å². The van der Waals surface area contributed by atoms with Gasteiger partial charge in [0.25, 0.3) is 5.91 Å². The van der Waals surface area contributed by atoms with Gasteiger partial charge in [0, 0.05) is 25.0 Å². The number of amides is 1. The van der Waals surface area contributed by atoms with E-state index in [4.69, 9.17) is 0 Å². The first-order valence-electron chi connectivity index (χ1n) is 6.89. The molecule has 0 spiro atoms. The highest BCUT2D eigenvalue weighted by atomic mass is 79.9. The van der Waals surface area contributed by atoms with Gasteiger partial charge in [0.1, 0.15) is 0 Å². The molecule has 2 heterocycles. The number of hydrogen-bond donors (Lipinski definition) is 1. The van der Waals surface area contributed by atoms with Crippen molar-refractivity contribution in [1.29, 1.82) is 0 Å². The Balaban J connectivity index is 2.18. The highest BCUT2D eigenvalue weighted by Gasteiger charge is 2.43. The van der Waals surface area contributed by atoms with Gasteiger partial charge in [0.05, 0.1) is 9.89 Å². The molecule has 1 N–H and O–H groups in total. The minimum atomic E-state index is -0.798. The van der Waals surface area contributed by atoms with Crippen LogP contribution >= 0.6 is 15.9 Å². The van der Waals surface area contributed by atoms with Crippen LogP contribution in [0.15, 0.2) is 16.9 Å². The van der Waals surface area contributed by atoms with Crippen molar-refractivity contribution in [3.05, 3.63) is 22.7 Å². The summed E-state index contributed by atoms with van der Waals surface area (Å²) in [5.74, 6) is -0.884. The van der Waals surface area contributed by atoms with Crippen molar-refractivity contribution in [2.75, 3.05) is 6.54 Å². The average Bonchev–Trinajstić information content (AvgIpc) is 2.47. The van der Waals surface area contributed by atoms with Gasteiger partial charge in [-0.05, 0) is 42.1 Å². The molecule has 1 saturated heterocycles. The Labute approximate surface area is 131 Å². The predicted octanol–water partition coefficient (Wildman–Crippen LogP) is 2.34. The van der Waals surface area contributed by atoms with Crippen LogP contribution in [0.25, 0.3) is 0 Å². The van der Waals surface area contributed by atoms with E-state index in [0.29, 0.717) is 30.3 Å². The lowest BCUT2D eigenvalue weighted by Crippen LogP contribution is -2.51. The Morgan fingerprint density at radius 1 is 1.48 bits per heavy atom. The number of halogens is 1. The maximum Gasteiger partial charge on any atom is 0.309 e. The molecule has 2 unspecified atom stereocenters. The fourth-order valence-corrected chi connectivity index (χ4v) is 2.86. The average molecular weight is 356 g/mol. The van der Waals surface area contributed by atoms with E-state index < -0.39 is 11.4 Å². The minimum Gasteiger partial charge on any atom is -0.481 e. The van der Waals surface area contributed by atoms with Gasteiger partial charge in [-0.1, -0.05) is 6.92 Å². The Hall–Kier alpha value is -1.50. The van der Waals surface area contributed by atoms with Gasteiger partial charge in [-0.25, -0.2) is 9.97 Å². The van der Waals surface area contributed by atoms with E-state index in [1.54, 1.807) is 11.8 Å². The van der Waals surface area contributed by atoms with Crippen LogP contribution in [0.5, 0.6) is 0 Å². The molecule has 2 atom stereocenters. The van der Waals surface area contributed by atoms with Gasteiger partial charge >= 0.3 is 5.97 Å². The zero-order valence-corrected chi connectivity index (χ0v) is 13.6. The third kappa shape index (κ3) is 3.23. The Morgan fingerprint density at radius 2 is 2.10 bits per heavy atom.